The molecule has 2 heterocycles. The first-order valence-electron chi connectivity index (χ1n) is 10.9. The highest BCUT2D eigenvalue weighted by Crippen LogP contribution is 2.25. The summed E-state index contributed by atoms with van der Waals surface area (Å²) in [5.74, 6) is -2.03. The monoisotopic (exact) mass is 462 g/mol. The molecule has 32 heavy (non-hydrogen) atoms. The van der Waals surface area contributed by atoms with Crippen LogP contribution in [-0.2, 0) is 25.6 Å². The summed E-state index contributed by atoms with van der Waals surface area (Å²) in [4.78, 5) is 53.5. The molecule has 0 bridgehead atoms. The average molecular weight is 463 g/mol. The minimum atomic E-state index is -1.13. The van der Waals surface area contributed by atoms with Crippen molar-refractivity contribution in [2.45, 2.75) is 56.3 Å². The number of hydrogen-bond acceptors (Lipinski definition) is 6. The molecule has 0 saturated carbocycles. The molecule has 0 aliphatic carbocycles. The molecule has 0 aromatic heterocycles. The fraction of sp³-hybridized carbons (Fsp3) is 0.545. The third-order valence-corrected chi connectivity index (χ3v) is 6.46. The molecule has 0 spiro atoms. The van der Waals surface area contributed by atoms with Crippen molar-refractivity contribution >= 4 is 36.3 Å². The molecule has 4 unspecified atom stereocenters. The summed E-state index contributed by atoms with van der Waals surface area (Å²) >= 11 is 4.07. The number of nitrogens with two attached hydrogens (primary N) is 1. The normalized spacial score (nSPS) is 22.4. The molecule has 4 N–H and O–H groups in total. The highest BCUT2D eigenvalue weighted by atomic mass is 32.1. The molecule has 3 amide bonds. The number of rotatable bonds is 8. The molecule has 174 valence electrons. The molecule has 0 radical (unpaired) electrons. The Labute approximate surface area is 192 Å². The van der Waals surface area contributed by atoms with E-state index in [4.69, 9.17) is 5.73 Å². The Kier molecular flexibility index (Phi) is 8.14. The lowest BCUT2D eigenvalue weighted by atomic mass is 10.1. The molecule has 2 fully saturated rings. The summed E-state index contributed by atoms with van der Waals surface area (Å²) in [5, 5.41) is 12.2. The molecule has 2 aliphatic heterocycles. The van der Waals surface area contributed by atoms with Crippen LogP contribution in [0.3, 0.4) is 0 Å². The Balaban J connectivity index is 1.68. The van der Waals surface area contributed by atoms with E-state index >= 15 is 0 Å². The number of thiol groups is 1. The van der Waals surface area contributed by atoms with Crippen LogP contribution < -0.4 is 11.1 Å². The maximum absolute atomic E-state index is 13.3. The van der Waals surface area contributed by atoms with Gasteiger partial charge in [0.2, 0.25) is 17.7 Å². The van der Waals surface area contributed by atoms with E-state index in [0.29, 0.717) is 38.8 Å². The number of aliphatic carboxylic acids is 1. The number of amides is 3. The number of carboxylic acids is 1. The van der Waals surface area contributed by atoms with Gasteiger partial charge >= 0.3 is 5.97 Å². The Morgan fingerprint density at radius 3 is 2.31 bits per heavy atom. The molecule has 1 aromatic rings. The standard InChI is InChI=1S/C22H30N4O5S/c23-15(13-32)20(28)26-11-5-9-18(26)21(29)25-10-4-8-17(25)19(27)24-16(22(30)31)12-14-6-2-1-3-7-14/h1-3,6-7,15-18,32H,4-5,8-13,23H2,(H,24,27)(H,30,31). The van der Waals surface area contributed by atoms with E-state index in [1.165, 1.54) is 9.80 Å². The average Bonchev–Trinajstić information content (AvgIpc) is 3.47. The van der Waals surface area contributed by atoms with Gasteiger partial charge in [-0.2, -0.15) is 12.6 Å². The fourth-order valence-electron chi connectivity index (χ4n) is 4.39. The van der Waals surface area contributed by atoms with Gasteiger partial charge in [-0.05, 0) is 31.2 Å². The van der Waals surface area contributed by atoms with Crippen LogP contribution in [0.25, 0.3) is 0 Å². The second kappa shape index (κ2) is 10.8. The predicted octanol–water partition coefficient (Wildman–Crippen LogP) is 0.0376. The van der Waals surface area contributed by atoms with Crippen LogP contribution in [0.1, 0.15) is 31.2 Å². The number of carbonyl (C=O) groups excluding carboxylic acids is 3. The molecular formula is C22H30N4O5S. The van der Waals surface area contributed by atoms with E-state index in [9.17, 15) is 24.3 Å². The van der Waals surface area contributed by atoms with Crippen LogP contribution in [0, 0.1) is 0 Å². The van der Waals surface area contributed by atoms with Crippen molar-refractivity contribution in [1.29, 1.82) is 0 Å². The minimum Gasteiger partial charge on any atom is -0.480 e. The van der Waals surface area contributed by atoms with E-state index < -0.39 is 36.0 Å². The molecule has 2 saturated heterocycles. The number of carbonyl (C=O) groups is 4. The summed E-state index contributed by atoms with van der Waals surface area (Å²) in [6.45, 7) is 0.837. The third-order valence-electron chi connectivity index (χ3n) is 6.07. The fourth-order valence-corrected chi connectivity index (χ4v) is 4.55. The van der Waals surface area contributed by atoms with E-state index in [1.807, 2.05) is 18.2 Å². The van der Waals surface area contributed by atoms with Gasteiger partial charge in [-0.25, -0.2) is 4.79 Å². The lowest BCUT2D eigenvalue weighted by molar-refractivity contribution is -0.148. The van der Waals surface area contributed by atoms with Crippen LogP contribution in [-0.4, -0.2) is 81.6 Å². The third kappa shape index (κ3) is 5.42. The topological polar surface area (TPSA) is 133 Å². The molecule has 1 aromatic carbocycles. The Bertz CT molecular complexity index is 852. The molecule has 3 rings (SSSR count). The first-order valence-corrected chi connectivity index (χ1v) is 11.5. The van der Waals surface area contributed by atoms with Crippen molar-refractivity contribution in [3.8, 4) is 0 Å². The summed E-state index contributed by atoms with van der Waals surface area (Å²) in [5.41, 5.74) is 6.61. The maximum atomic E-state index is 13.3. The van der Waals surface area contributed by atoms with Gasteiger partial charge in [-0.3, -0.25) is 14.4 Å². The Morgan fingerprint density at radius 2 is 1.69 bits per heavy atom. The number of carboxylic acid groups (broad SMARTS) is 1. The lowest BCUT2D eigenvalue weighted by Gasteiger charge is -2.32. The van der Waals surface area contributed by atoms with Crippen molar-refractivity contribution in [3.05, 3.63) is 35.9 Å². The number of benzene rings is 1. The Hall–Kier alpha value is -2.59. The van der Waals surface area contributed by atoms with Crippen LogP contribution in [0.4, 0.5) is 0 Å². The highest BCUT2D eigenvalue weighted by molar-refractivity contribution is 7.80. The minimum absolute atomic E-state index is 0.148. The SMILES string of the molecule is NC(CS)C(=O)N1CCCC1C(=O)N1CCCC1C(=O)NC(Cc1ccccc1)C(=O)O. The molecule has 2 aliphatic rings. The van der Waals surface area contributed by atoms with Gasteiger partial charge in [-0.15, -0.1) is 0 Å². The van der Waals surface area contributed by atoms with Crippen LogP contribution >= 0.6 is 12.6 Å². The zero-order valence-corrected chi connectivity index (χ0v) is 18.7. The largest absolute Gasteiger partial charge is 0.480 e. The van der Waals surface area contributed by atoms with Crippen molar-refractivity contribution in [1.82, 2.24) is 15.1 Å². The summed E-state index contributed by atoms with van der Waals surface area (Å²) < 4.78 is 0. The van der Waals surface area contributed by atoms with E-state index in [-0.39, 0.29) is 24.0 Å². The van der Waals surface area contributed by atoms with Crippen molar-refractivity contribution < 1.29 is 24.3 Å². The smallest absolute Gasteiger partial charge is 0.326 e. The zero-order chi connectivity index (χ0) is 23.3. The summed E-state index contributed by atoms with van der Waals surface area (Å²) in [7, 11) is 0. The van der Waals surface area contributed by atoms with Crippen LogP contribution in [0.2, 0.25) is 0 Å². The Morgan fingerprint density at radius 1 is 1.06 bits per heavy atom. The predicted molar refractivity (Wildman–Crippen MR) is 121 cm³/mol. The molecular weight excluding hydrogens is 432 g/mol. The van der Waals surface area contributed by atoms with E-state index in [2.05, 4.69) is 17.9 Å². The highest BCUT2D eigenvalue weighted by Gasteiger charge is 2.43. The molecule has 4 atom stereocenters. The van der Waals surface area contributed by atoms with Gasteiger partial charge in [-0.1, -0.05) is 30.3 Å². The first-order chi connectivity index (χ1) is 15.3. The lowest BCUT2D eigenvalue weighted by Crippen LogP contribution is -2.56. The number of hydrogen-bond donors (Lipinski definition) is 4. The van der Waals surface area contributed by atoms with Gasteiger partial charge in [0.25, 0.3) is 0 Å². The number of likely N-dealkylation sites (tertiary alicyclic amines) is 2. The molecule has 9 nitrogen and oxygen atoms in total. The van der Waals surface area contributed by atoms with Gasteiger partial charge in [0.1, 0.15) is 18.1 Å². The maximum Gasteiger partial charge on any atom is 0.326 e. The van der Waals surface area contributed by atoms with Gasteiger partial charge in [0.15, 0.2) is 0 Å². The number of nitrogens with one attached hydrogen (secondary N) is 1. The van der Waals surface area contributed by atoms with Gasteiger partial charge in [0, 0.05) is 25.3 Å². The van der Waals surface area contributed by atoms with Crippen LogP contribution in [0.15, 0.2) is 30.3 Å². The molecule has 10 heteroatoms. The van der Waals surface area contributed by atoms with E-state index in [0.717, 1.165) is 5.56 Å². The van der Waals surface area contributed by atoms with Gasteiger partial charge in [0.05, 0.1) is 6.04 Å². The first kappa shape index (κ1) is 24.1. The second-order valence-corrected chi connectivity index (χ2v) is 8.62. The van der Waals surface area contributed by atoms with Crippen molar-refractivity contribution in [2.75, 3.05) is 18.8 Å². The van der Waals surface area contributed by atoms with Crippen molar-refractivity contribution in [2.24, 2.45) is 5.73 Å². The van der Waals surface area contributed by atoms with Gasteiger partial charge < -0.3 is 26.0 Å². The summed E-state index contributed by atoms with van der Waals surface area (Å²) in [6, 6.07) is 5.77. The van der Waals surface area contributed by atoms with Crippen molar-refractivity contribution in [3.63, 3.8) is 0 Å². The quantitative estimate of drug-likeness (QED) is 0.403. The van der Waals surface area contributed by atoms with E-state index in [1.54, 1.807) is 12.1 Å². The van der Waals surface area contributed by atoms with Crippen LogP contribution in [0.5, 0.6) is 0 Å². The zero-order valence-electron chi connectivity index (χ0n) is 17.9. The number of nitrogens with zero attached hydrogens (tertiary/aromatic N) is 2. The second-order valence-electron chi connectivity index (χ2n) is 8.26. The summed E-state index contributed by atoms with van der Waals surface area (Å²) in [6.07, 6.45) is 2.43.